The number of aromatic nitrogens is 1. The minimum absolute atomic E-state index is 0.487. The zero-order valence-electron chi connectivity index (χ0n) is 15.7. The van der Waals surface area contributed by atoms with E-state index in [-0.39, 0.29) is 0 Å². The fourth-order valence-corrected chi connectivity index (χ4v) is 3.47. The first-order valence-corrected chi connectivity index (χ1v) is 9.75. The molecule has 0 spiro atoms. The molecule has 26 heavy (non-hydrogen) atoms. The van der Waals surface area contributed by atoms with Crippen molar-refractivity contribution in [1.29, 1.82) is 0 Å². The lowest BCUT2D eigenvalue weighted by Gasteiger charge is -2.22. The van der Waals surface area contributed by atoms with Crippen molar-refractivity contribution < 1.29 is 4.74 Å². The molecule has 0 unspecified atom stereocenters. The van der Waals surface area contributed by atoms with Gasteiger partial charge in [0, 0.05) is 38.3 Å². The predicted molar refractivity (Wildman–Crippen MR) is 107 cm³/mol. The number of benzene rings is 1. The molecule has 0 aliphatic heterocycles. The summed E-state index contributed by atoms with van der Waals surface area (Å²) < 4.78 is 5.97. The van der Waals surface area contributed by atoms with Crippen LogP contribution < -0.4 is 10.6 Å². The van der Waals surface area contributed by atoms with Gasteiger partial charge < -0.3 is 15.4 Å². The van der Waals surface area contributed by atoms with Gasteiger partial charge in [0.25, 0.3) is 0 Å². The van der Waals surface area contributed by atoms with Crippen LogP contribution in [0.3, 0.4) is 0 Å². The summed E-state index contributed by atoms with van der Waals surface area (Å²) >= 11 is 0. The van der Waals surface area contributed by atoms with Crippen LogP contribution in [-0.4, -0.2) is 37.2 Å². The van der Waals surface area contributed by atoms with Gasteiger partial charge >= 0.3 is 0 Å². The number of hydrogen-bond donors (Lipinski definition) is 2. The van der Waals surface area contributed by atoms with E-state index < -0.39 is 0 Å². The molecule has 3 rings (SSSR count). The highest BCUT2D eigenvalue weighted by Gasteiger charge is 2.13. The van der Waals surface area contributed by atoms with Crippen molar-refractivity contribution in [3.05, 3.63) is 42.1 Å². The van der Waals surface area contributed by atoms with Crippen LogP contribution in [0.4, 0.5) is 0 Å². The molecular formula is C21H30N4O. The summed E-state index contributed by atoms with van der Waals surface area (Å²) in [5.41, 5.74) is 2.24. The van der Waals surface area contributed by atoms with Crippen molar-refractivity contribution in [2.24, 2.45) is 4.99 Å². The monoisotopic (exact) mass is 354 g/mol. The molecule has 0 saturated heterocycles. The molecule has 1 aliphatic rings. The molecule has 1 heterocycles. The largest absolute Gasteiger partial charge is 0.378 e. The predicted octanol–water partition coefficient (Wildman–Crippen LogP) is 3.64. The molecule has 2 N–H and O–H groups in total. The lowest BCUT2D eigenvalue weighted by Crippen LogP contribution is -2.37. The summed E-state index contributed by atoms with van der Waals surface area (Å²) in [5.74, 6) is 0.823. The van der Waals surface area contributed by atoms with Crippen LogP contribution in [0.25, 0.3) is 10.9 Å². The lowest BCUT2D eigenvalue weighted by atomic mass is 9.98. The molecule has 1 aromatic carbocycles. The molecule has 140 valence electrons. The Hall–Kier alpha value is -2.14. The van der Waals surface area contributed by atoms with E-state index in [9.17, 15) is 0 Å². The quantitative estimate of drug-likeness (QED) is 0.453. The van der Waals surface area contributed by atoms with Gasteiger partial charge in [0.05, 0.1) is 11.6 Å². The first kappa shape index (κ1) is 18.6. The molecular weight excluding hydrogens is 324 g/mol. The number of pyridine rings is 1. The van der Waals surface area contributed by atoms with Crippen LogP contribution >= 0.6 is 0 Å². The number of nitrogens with zero attached hydrogens (tertiary/aromatic N) is 2. The number of hydrogen-bond acceptors (Lipinski definition) is 3. The normalized spacial score (nSPS) is 16.0. The zero-order valence-corrected chi connectivity index (χ0v) is 15.7. The van der Waals surface area contributed by atoms with Crippen molar-refractivity contribution >= 4 is 16.9 Å². The van der Waals surface area contributed by atoms with E-state index in [1.807, 2.05) is 24.4 Å². The van der Waals surface area contributed by atoms with Gasteiger partial charge in [-0.25, -0.2) is 0 Å². The number of fused-ring (bicyclic) bond motifs is 1. The molecule has 1 saturated carbocycles. The molecule has 0 radical (unpaired) electrons. The third-order valence-electron chi connectivity index (χ3n) is 4.93. The highest BCUT2D eigenvalue weighted by Crippen LogP contribution is 2.20. The average Bonchev–Trinajstić information content (AvgIpc) is 2.71. The maximum atomic E-state index is 5.97. The second-order valence-corrected chi connectivity index (χ2v) is 6.82. The van der Waals surface area contributed by atoms with Crippen LogP contribution in [0.5, 0.6) is 0 Å². The summed E-state index contributed by atoms with van der Waals surface area (Å²) in [6.07, 6.45) is 9.82. The summed E-state index contributed by atoms with van der Waals surface area (Å²) in [4.78, 5) is 8.72. The second kappa shape index (κ2) is 10.1. The molecule has 0 atom stereocenters. The smallest absolute Gasteiger partial charge is 0.191 e. The van der Waals surface area contributed by atoms with Crippen molar-refractivity contribution in [3.8, 4) is 0 Å². The molecule has 0 amide bonds. The highest BCUT2D eigenvalue weighted by atomic mass is 16.5. The number of aliphatic imine (C=N–C) groups is 1. The van der Waals surface area contributed by atoms with E-state index in [4.69, 9.17) is 4.74 Å². The van der Waals surface area contributed by atoms with E-state index in [1.54, 1.807) is 7.05 Å². The standard InChI is InChI=1S/C21H30N4O/c1-22-21(24-13-7-15-26-18-8-3-2-4-9-18)25-16-17-12-14-23-20-11-6-5-10-19(17)20/h5-6,10-12,14,18H,2-4,7-9,13,15-16H2,1H3,(H2,22,24,25). The van der Waals surface area contributed by atoms with Crippen molar-refractivity contribution in [1.82, 2.24) is 15.6 Å². The van der Waals surface area contributed by atoms with Gasteiger partial charge in [-0.15, -0.1) is 0 Å². The fourth-order valence-electron chi connectivity index (χ4n) is 3.47. The van der Waals surface area contributed by atoms with Gasteiger partial charge in [-0.1, -0.05) is 37.5 Å². The van der Waals surface area contributed by atoms with Gasteiger partial charge in [-0.05, 0) is 37.0 Å². The third kappa shape index (κ3) is 5.43. The number of ether oxygens (including phenoxy) is 1. The average molecular weight is 354 g/mol. The maximum Gasteiger partial charge on any atom is 0.191 e. The molecule has 0 bridgehead atoms. The highest BCUT2D eigenvalue weighted by molar-refractivity contribution is 5.83. The van der Waals surface area contributed by atoms with Gasteiger partial charge in [0.15, 0.2) is 5.96 Å². The maximum absolute atomic E-state index is 5.97. The SMILES string of the molecule is CN=C(NCCCOC1CCCCC1)NCc1ccnc2ccccc12. The van der Waals surface area contributed by atoms with Crippen LogP contribution in [0.2, 0.25) is 0 Å². The van der Waals surface area contributed by atoms with Gasteiger partial charge in [-0.2, -0.15) is 0 Å². The molecule has 1 aromatic heterocycles. The van der Waals surface area contributed by atoms with E-state index in [0.717, 1.165) is 37.6 Å². The van der Waals surface area contributed by atoms with E-state index in [1.165, 1.54) is 43.1 Å². The number of para-hydroxylation sites is 1. The van der Waals surface area contributed by atoms with Crippen LogP contribution in [0, 0.1) is 0 Å². The van der Waals surface area contributed by atoms with Gasteiger partial charge in [-0.3, -0.25) is 9.98 Å². The molecule has 1 aliphatic carbocycles. The van der Waals surface area contributed by atoms with Crippen molar-refractivity contribution in [2.75, 3.05) is 20.2 Å². The summed E-state index contributed by atoms with van der Waals surface area (Å²) in [6.45, 7) is 2.41. The fraction of sp³-hybridized carbons (Fsp3) is 0.524. The van der Waals surface area contributed by atoms with E-state index >= 15 is 0 Å². The number of nitrogens with one attached hydrogen (secondary N) is 2. The Kier molecular flexibility index (Phi) is 7.25. The molecule has 5 heteroatoms. The summed E-state index contributed by atoms with van der Waals surface area (Å²) in [7, 11) is 1.80. The Morgan fingerprint density at radius 1 is 1.15 bits per heavy atom. The first-order valence-electron chi connectivity index (χ1n) is 9.75. The van der Waals surface area contributed by atoms with Crippen molar-refractivity contribution in [3.63, 3.8) is 0 Å². The topological polar surface area (TPSA) is 58.5 Å². The van der Waals surface area contributed by atoms with Crippen LogP contribution in [-0.2, 0) is 11.3 Å². The van der Waals surface area contributed by atoms with E-state index in [2.05, 4.69) is 32.7 Å². The van der Waals surface area contributed by atoms with Crippen LogP contribution in [0.1, 0.15) is 44.1 Å². The Morgan fingerprint density at radius 3 is 2.85 bits per heavy atom. The minimum atomic E-state index is 0.487. The second-order valence-electron chi connectivity index (χ2n) is 6.82. The first-order chi connectivity index (χ1) is 12.9. The van der Waals surface area contributed by atoms with Gasteiger partial charge in [0.1, 0.15) is 0 Å². The minimum Gasteiger partial charge on any atom is -0.378 e. The summed E-state index contributed by atoms with van der Waals surface area (Å²) in [6, 6.07) is 10.3. The summed E-state index contributed by atoms with van der Waals surface area (Å²) in [5, 5.41) is 7.94. The third-order valence-corrected chi connectivity index (χ3v) is 4.93. The molecule has 1 fully saturated rings. The van der Waals surface area contributed by atoms with E-state index in [0.29, 0.717) is 6.10 Å². The Labute approximate surface area is 156 Å². The lowest BCUT2D eigenvalue weighted by molar-refractivity contribution is 0.0277. The van der Waals surface area contributed by atoms with Crippen molar-refractivity contribution in [2.45, 2.75) is 51.2 Å². The number of guanidine groups is 1. The van der Waals surface area contributed by atoms with Crippen LogP contribution in [0.15, 0.2) is 41.5 Å². The van der Waals surface area contributed by atoms with Gasteiger partial charge in [0.2, 0.25) is 0 Å². The Morgan fingerprint density at radius 2 is 2.00 bits per heavy atom. The molecule has 2 aromatic rings. The Bertz CT molecular complexity index is 705. The Balaban J connectivity index is 1.39. The molecule has 5 nitrogen and oxygen atoms in total. The number of rotatable bonds is 7. The zero-order chi connectivity index (χ0) is 18.0.